The average Bonchev–Trinajstić information content (AvgIpc) is 2.37. The van der Waals surface area contributed by atoms with Crippen LogP contribution in [0.5, 0.6) is 0 Å². The Hall–Kier alpha value is -0.600. The molecule has 3 heteroatoms. The lowest BCUT2D eigenvalue weighted by Crippen LogP contribution is -2.30. The standard InChI is InChI=1S/C16H29FO2/c1-13(2)16(18)19-15-12-10-8-6-4-3-5-7-9-11-14(15)17/h13-15H,3-12H2,1-2H3/t14-,15+/m0/s1. The number of hydrogen-bond acceptors (Lipinski definition) is 2. The fourth-order valence-electron chi connectivity index (χ4n) is 2.53. The van der Waals surface area contributed by atoms with E-state index < -0.39 is 12.3 Å². The van der Waals surface area contributed by atoms with E-state index in [-0.39, 0.29) is 11.9 Å². The molecule has 1 aliphatic carbocycles. The minimum atomic E-state index is -0.984. The topological polar surface area (TPSA) is 26.3 Å². The quantitative estimate of drug-likeness (QED) is 0.674. The van der Waals surface area contributed by atoms with Gasteiger partial charge in [-0.3, -0.25) is 4.79 Å². The summed E-state index contributed by atoms with van der Waals surface area (Å²) in [6, 6.07) is 0. The highest BCUT2D eigenvalue weighted by molar-refractivity contribution is 5.71. The van der Waals surface area contributed by atoms with Crippen molar-refractivity contribution in [2.45, 2.75) is 90.3 Å². The van der Waals surface area contributed by atoms with Crippen molar-refractivity contribution in [2.75, 3.05) is 0 Å². The van der Waals surface area contributed by atoms with Crippen LogP contribution in [-0.4, -0.2) is 18.2 Å². The van der Waals surface area contributed by atoms with E-state index >= 15 is 0 Å². The number of esters is 1. The Labute approximate surface area is 117 Å². The zero-order chi connectivity index (χ0) is 14.1. The lowest BCUT2D eigenvalue weighted by atomic mass is 9.98. The normalized spacial score (nSPS) is 27.4. The maximum Gasteiger partial charge on any atom is 0.308 e. The molecule has 0 saturated heterocycles. The molecule has 2 atom stereocenters. The fraction of sp³-hybridized carbons (Fsp3) is 0.938. The van der Waals surface area contributed by atoms with Crippen molar-refractivity contribution in [3.63, 3.8) is 0 Å². The van der Waals surface area contributed by atoms with Gasteiger partial charge >= 0.3 is 5.97 Å². The van der Waals surface area contributed by atoms with Crippen molar-refractivity contribution in [1.29, 1.82) is 0 Å². The first-order chi connectivity index (χ1) is 9.11. The molecule has 0 unspecified atom stereocenters. The minimum absolute atomic E-state index is 0.173. The first kappa shape index (κ1) is 16.5. The van der Waals surface area contributed by atoms with Crippen LogP contribution in [0.25, 0.3) is 0 Å². The first-order valence-corrected chi connectivity index (χ1v) is 7.96. The number of carbonyl (C=O) groups is 1. The summed E-state index contributed by atoms with van der Waals surface area (Å²) in [5, 5.41) is 0. The van der Waals surface area contributed by atoms with E-state index in [0.717, 1.165) is 25.7 Å². The lowest BCUT2D eigenvalue weighted by Gasteiger charge is -2.23. The van der Waals surface area contributed by atoms with Crippen molar-refractivity contribution in [3.05, 3.63) is 0 Å². The summed E-state index contributed by atoms with van der Waals surface area (Å²) in [7, 11) is 0. The molecule has 19 heavy (non-hydrogen) atoms. The van der Waals surface area contributed by atoms with E-state index in [2.05, 4.69) is 0 Å². The lowest BCUT2D eigenvalue weighted by molar-refractivity contribution is -0.157. The summed E-state index contributed by atoms with van der Waals surface area (Å²) in [5.74, 6) is -0.437. The Morgan fingerprint density at radius 2 is 1.42 bits per heavy atom. The van der Waals surface area contributed by atoms with Gasteiger partial charge < -0.3 is 4.74 Å². The van der Waals surface area contributed by atoms with Crippen molar-refractivity contribution in [1.82, 2.24) is 0 Å². The van der Waals surface area contributed by atoms with Gasteiger partial charge in [0.2, 0.25) is 0 Å². The largest absolute Gasteiger partial charge is 0.459 e. The molecule has 0 N–H and O–H groups in total. The zero-order valence-corrected chi connectivity index (χ0v) is 12.5. The van der Waals surface area contributed by atoms with Gasteiger partial charge in [0, 0.05) is 0 Å². The van der Waals surface area contributed by atoms with Crippen LogP contribution >= 0.6 is 0 Å². The predicted octanol–water partition coefficient (Wildman–Crippen LogP) is 4.81. The molecule has 1 fully saturated rings. The van der Waals surface area contributed by atoms with Crippen LogP contribution < -0.4 is 0 Å². The smallest absolute Gasteiger partial charge is 0.308 e. The molecular formula is C16H29FO2. The Bertz CT molecular complexity index is 253. The van der Waals surface area contributed by atoms with Gasteiger partial charge in [0.25, 0.3) is 0 Å². The highest BCUT2D eigenvalue weighted by atomic mass is 19.1. The number of alkyl halides is 1. The van der Waals surface area contributed by atoms with Gasteiger partial charge in [-0.05, 0) is 19.3 Å². The third kappa shape index (κ3) is 6.93. The van der Waals surface area contributed by atoms with E-state index in [1.54, 1.807) is 13.8 Å². The third-order valence-electron chi connectivity index (χ3n) is 3.86. The van der Waals surface area contributed by atoms with Gasteiger partial charge in [-0.2, -0.15) is 0 Å². The summed E-state index contributed by atoms with van der Waals surface area (Å²) in [5.41, 5.74) is 0. The molecule has 0 aromatic carbocycles. The van der Waals surface area contributed by atoms with E-state index in [9.17, 15) is 9.18 Å². The van der Waals surface area contributed by atoms with Gasteiger partial charge in [0.15, 0.2) is 0 Å². The Balaban J connectivity index is 2.48. The van der Waals surface area contributed by atoms with Crippen LogP contribution in [0.1, 0.15) is 78.1 Å². The molecule has 1 aliphatic rings. The zero-order valence-electron chi connectivity index (χ0n) is 12.5. The second-order valence-electron chi connectivity index (χ2n) is 6.05. The van der Waals surface area contributed by atoms with Gasteiger partial charge in [0.1, 0.15) is 12.3 Å². The highest BCUT2D eigenvalue weighted by Gasteiger charge is 2.25. The van der Waals surface area contributed by atoms with Crippen LogP contribution in [0.15, 0.2) is 0 Å². The van der Waals surface area contributed by atoms with Crippen LogP contribution in [0, 0.1) is 5.92 Å². The van der Waals surface area contributed by atoms with Gasteiger partial charge in [0.05, 0.1) is 5.92 Å². The van der Waals surface area contributed by atoms with Gasteiger partial charge in [-0.1, -0.05) is 58.8 Å². The molecule has 0 aliphatic heterocycles. The number of carbonyl (C=O) groups excluding carboxylic acids is 1. The Morgan fingerprint density at radius 3 is 1.95 bits per heavy atom. The Morgan fingerprint density at radius 1 is 0.947 bits per heavy atom. The number of hydrogen-bond donors (Lipinski definition) is 0. The van der Waals surface area contributed by atoms with Crippen LogP contribution in [0.3, 0.4) is 0 Å². The minimum Gasteiger partial charge on any atom is -0.459 e. The molecule has 0 radical (unpaired) electrons. The third-order valence-corrected chi connectivity index (χ3v) is 3.86. The van der Waals surface area contributed by atoms with Gasteiger partial charge in [-0.25, -0.2) is 4.39 Å². The number of rotatable bonds is 2. The van der Waals surface area contributed by atoms with Crippen molar-refractivity contribution in [3.8, 4) is 0 Å². The predicted molar refractivity (Wildman–Crippen MR) is 75.8 cm³/mol. The highest BCUT2D eigenvalue weighted by Crippen LogP contribution is 2.22. The summed E-state index contributed by atoms with van der Waals surface area (Å²) >= 11 is 0. The van der Waals surface area contributed by atoms with Crippen LogP contribution in [0.4, 0.5) is 4.39 Å². The second-order valence-corrected chi connectivity index (χ2v) is 6.05. The van der Waals surface area contributed by atoms with Crippen molar-refractivity contribution in [2.24, 2.45) is 5.92 Å². The summed E-state index contributed by atoms with van der Waals surface area (Å²) in [6.07, 6.45) is 8.83. The molecule has 0 bridgehead atoms. The number of ether oxygens (including phenoxy) is 1. The Kier molecular flexibility index (Phi) is 8.08. The van der Waals surface area contributed by atoms with Gasteiger partial charge in [-0.15, -0.1) is 0 Å². The van der Waals surface area contributed by atoms with E-state index in [1.807, 2.05) is 0 Å². The number of halogens is 1. The molecule has 0 amide bonds. The van der Waals surface area contributed by atoms with Crippen molar-refractivity contribution >= 4 is 5.97 Å². The fourth-order valence-corrected chi connectivity index (χ4v) is 2.53. The maximum absolute atomic E-state index is 14.2. The summed E-state index contributed by atoms with van der Waals surface area (Å²) in [4.78, 5) is 11.6. The van der Waals surface area contributed by atoms with Crippen LogP contribution in [-0.2, 0) is 9.53 Å². The summed E-state index contributed by atoms with van der Waals surface area (Å²) in [6.45, 7) is 3.59. The molecule has 112 valence electrons. The molecule has 1 saturated carbocycles. The van der Waals surface area contributed by atoms with E-state index in [4.69, 9.17) is 4.74 Å². The maximum atomic E-state index is 14.2. The second kappa shape index (κ2) is 9.33. The average molecular weight is 272 g/mol. The molecule has 0 heterocycles. The SMILES string of the molecule is CC(C)C(=O)O[C@@H]1CCCCCCCCCC[C@@H]1F. The molecule has 1 rings (SSSR count). The summed E-state index contributed by atoms with van der Waals surface area (Å²) < 4.78 is 19.5. The van der Waals surface area contributed by atoms with Crippen molar-refractivity contribution < 1.29 is 13.9 Å². The molecule has 0 aromatic heterocycles. The molecular weight excluding hydrogens is 243 g/mol. The molecule has 2 nitrogen and oxygen atoms in total. The molecule has 0 aromatic rings. The van der Waals surface area contributed by atoms with Crippen LogP contribution in [0.2, 0.25) is 0 Å². The molecule has 0 spiro atoms. The van der Waals surface area contributed by atoms with E-state index in [1.165, 1.54) is 25.7 Å². The van der Waals surface area contributed by atoms with E-state index in [0.29, 0.717) is 12.8 Å². The monoisotopic (exact) mass is 272 g/mol. The first-order valence-electron chi connectivity index (χ1n) is 7.96.